The van der Waals surface area contributed by atoms with E-state index in [0.29, 0.717) is 0 Å². The maximum absolute atomic E-state index is 12.1. The van der Waals surface area contributed by atoms with Gasteiger partial charge in [-0.15, -0.1) is 0 Å². The molecule has 0 saturated heterocycles. The van der Waals surface area contributed by atoms with Crippen molar-refractivity contribution in [2.75, 3.05) is 11.5 Å². The molecule has 2 aromatic carbocycles. The van der Waals surface area contributed by atoms with Crippen LogP contribution in [0.5, 0.6) is 5.75 Å². The van der Waals surface area contributed by atoms with Crippen molar-refractivity contribution in [3.63, 3.8) is 0 Å². The third-order valence-corrected chi connectivity index (χ3v) is 3.31. The SMILES string of the molecule is CCc1ccc(N2C(=O)COc3ccccc32)cc1. The Kier molecular flexibility index (Phi) is 2.95. The average molecular weight is 253 g/mol. The summed E-state index contributed by atoms with van der Waals surface area (Å²) in [7, 11) is 0. The predicted molar refractivity (Wildman–Crippen MR) is 74.9 cm³/mol. The Bertz CT molecular complexity index is 604. The highest BCUT2D eigenvalue weighted by molar-refractivity contribution is 6.04. The van der Waals surface area contributed by atoms with E-state index in [2.05, 4.69) is 19.1 Å². The van der Waals surface area contributed by atoms with Crippen LogP contribution in [0.4, 0.5) is 11.4 Å². The van der Waals surface area contributed by atoms with Crippen LogP contribution in [0.25, 0.3) is 0 Å². The van der Waals surface area contributed by atoms with E-state index in [4.69, 9.17) is 4.74 Å². The summed E-state index contributed by atoms with van der Waals surface area (Å²) in [6, 6.07) is 15.7. The summed E-state index contributed by atoms with van der Waals surface area (Å²) in [5, 5.41) is 0. The first-order valence-electron chi connectivity index (χ1n) is 6.43. The van der Waals surface area contributed by atoms with Crippen LogP contribution in [0.15, 0.2) is 48.5 Å². The Morgan fingerprint density at radius 2 is 1.84 bits per heavy atom. The molecule has 1 heterocycles. The van der Waals surface area contributed by atoms with Crippen molar-refractivity contribution in [3.8, 4) is 5.75 Å². The summed E-state index contributed by atoms with van der Waals surface area (Å²) in [6.07, 6.45) is 0.994. The Labute approximate surface area is 112 Å². The molecule has 0 saturated carbocycles. The summed E-state index contributed by atoms with van der Waals surface area (Å²) >= 11 is 0. The Morgan fingerprint density at radius 1 is 1.11 bits per heavy atom. The topological polar surface area (TPSA) is 29.5 Å². The number of nitrogens with zero attached hydrogens (tertiary/aromatic N) is 1. The molecule has 2 aromatic rings. The van der Waals surface area contributed by atoms with Gasteiger partial charge in [0.25, 0.3) is 5.91 Å². The summed E-state index contributed by atoms with van der Waals surface area (Å²) in [6.45, 7) is 2.21. The Balaban J connectivity index is 2.05. The highest BCUT2D eigenvalue weighted by Crippen LogP contribution is 2.36. The van der Waals surface area contributed by atoms with Crippen molar-refractivity contribution >= 4 is 17.3 Å². The van der Waals surface area contributed by atoms with Crippen LogP contribution in [0.1, 0.15) is 12.5 Å². The molecule has 3 heteroatoms. The molecule has 0 aromatic heterocycles. The Morgan fingerprint density at radius 3 is 2.58 bits per heavy atom. The van der Waals surface area contributed by atoms with Gasteiger partial charge in [-0.2, -0.15) is 0 Å². The van der Waals surface area contributed by atoms with Crippen LogP contribution in [0.2, 0.25) is 0 Å². The lowest BCUT2D eigenvalue weighted by molar-refractivity contribution is -0.120. The zero-order valence-electron chi connectivity index (χ0n) is 10.8. The molecule has 1 amide bonds. The number of aryl methyl sites for hydroxylation is 1. The molecule has 19 heavy (non-hydrogen) atoms. The number of hydrogen-bond donors (Lipinski definition) is 0. The minimum Gasteiger partial charge on any atom is -0.482 e. The fourth-order valence-electron chi connectivity index (χ4n) is 2.27. The lowest BCUT2D eigenvalue weighted by Gasteiger charge is -2.29. The van der Waals surface area contributed by atoms with Crippen LogP contribution in [0.3, 0.4) is 0 Å². The first-order chi connectivity index (χ1) is 9.29. The number of amides is 1. The van der Waals surface area contributed by atoms with Crippen LogP contribution in [0, 0.1) is 0 Å². The van der Waals surface area contributed by atoms with Gasteiger partial charge in [0.1, 0.15) is 5.75 Å². The maximum atomic E-state index is 12.1. The van der Waals surface area contributed by atoms with Crippen molar-refractivity contribution in [3.05, 3.63) is 54.1 Å². The molecule has 0 N–H and O–H groups in total. The van der Waals surface area contributed by atoms with Crippen molar-refractivity contribution < 1.29 is 9.53 Å². The summed E-state index contributed by atoms with van der Waals surface area (Å²) < 4.78 is 5.44. The minimum atomic E-state index is -0.0389. The van der Waals surface area contributed by atoms with Gasteiger partial charge in [0.15, 0.2) is 6.61 Å². The minimum absolute atomic E-state index is 0.0389. The number of hydrogen-bond acceptors (Lipinski definition) is 2. The summed E-state index contributed by atoms with van der Waals surface area (Å²) in [5.74, 6) is 0.713. The summed E-state index contributed by atoms with van der Waals surface area (Å²) in [4.78, 5) is 13.8. The summed E-state index contributed by atoms with van der Waals surface area (Å²) in [5.41, 5.74) is 2.96. The second-order valence-electron chi connectivity index (χ2n) is 4.51. The van der Waals surface area contributed by atoms with Gasteiger partial charge in [-0.25, -0.2) is 0 Å². The number of anilines is 2. The van der Waals surface area contributed by atoms with Gasteiger partial charge in [-0.3, -0.25) is 9.69 Å². The van der Waals surface area contributed by atoms with Gasteiger partial charge in [-0.05, 0) is 36.2 Å². The molecule has 0 aliphatic carbocycles. The first-order valence-corrected chi connectivity index (χ1v) is 6.43. The standard InChI is InChI=1S/C16H15NO2/c1-2-12-7-9-13(10-8-12)17-14-5-3-4-6-15(14)19-11-16(17)18/h3-10H,2,11H2,1H3. The van der Waals surface area contributed by atoms with Crippen molar-refractivity contribution in [1.29, 1.82) is 0 Å². The predicted octanol–water partition coefficient (Wildman–Crippen LogP) is 3.31. The number of benzene rings is 2. The van der Waals surface area contributed by atoms with Gasteiger partial charge in [0, 0.05) is 5.69 Å². The maximum Gasteiger partial charge on any atom is 0.269 e. The van der Waals surface area contributed by atoms with Crippen molar-refractivity contribution in [1.82, 2.24) is 0 Å². The van der Waals surface area contributed by atoms with E-state index in [1.54, 1.807) is 4.90 Å². The van der Waals surface area contributed by atoms with E-state index in [1.807, 2.05) is 36.4 Å². The molecular formula is C16H15NO2. The van der Waals surface area contributed by atoms with E-state index in [9.17, 15) is 4.79 Å². The fourth-order valence-corrected chi connectivity index (χ4v) is 2.27. The normalized spacial score (nSPS) is 13.9. The zero-order valence-corrected chi connectivity index (χ0v) is 10.8. The van der Waals surface area contributed by atoms with Gasteiger partial charge in [-0.1, -0.05) is 31.2 Å². The van der Waals surface area contributed by atoms with Crippen LogP contribution < -0.4 is 9.64 Å². The molecule has 96 valence electrons. The molecule has 1 aliphatic rings. The van der Waals surface area contributed by atoms with E-state index in [1.165, 1.54) is 5.56 Å². The van der Waals surface area contributed by atoms with Crippen LogP contribution in [-0.2, 0) is 11.2 Å². The highest BCUT2D eigenvalue weighted by Gasteiger charge is 2.26. The number of para-hydroxylation sites is 2. The molecule has 3 rings (SSSR count). The second kappa shape index (κ2) is 4.76. The van der Waals surface area contributed by atoms with Gasteiger partial charge >= 0.3 is 0 Å². The van der Waals surface area contributed by atoms with E-state index in [-0.39, 0.29) is 12.5 Å². The third kappa shape index (κ3) is 2.08. The van der Waals surface area contributed by atoms with Crippen molar-refractivity contribution in [2.45, 2.75) is 13.3 Å². The highest BCUT2D eigenvalue weighted by atomic mass is 16.5. The largest absolute Gasteiger partial charge is 0.482 e. The van der Waals surface area contributed by atoms with Gasteiger partial charge in [0.2, 0.25) is 0 Å². The molecule has 3 nitrogen and oxygen atoms in total. The van der Waals surface area contributed by atoms with Crippen molar-refractivity contribution in [2.24, 2.45) is 0 Å². The molecule has 1 aliphatic heterocycles. The monoisotopic (exact) mass is 253 g/mol. The molecule has 0 spiro atoms. The van der Waals surface area contributed by atoms with E-state index >= 15 is 0 Å². The molecular weight excluding hydrogens is 238 g/mol. The molecule has 0 radical (unpaired) electrons. The molecule has 0 bridgehead atoms. The Hall–Kier alpha value is -2.29. The third-order valence-electron chi connectivity index (χ3n) is 3.31. The van der Waals surface area contributed by atoms with E-state index in [0.717, 1.165) is 23.5 Å². The quantitative estimate of drug-likeness (QED) is 0.821. The first kappa shape index (κ1) is 11.8. The lowest BCUT2D eigenvalue weighted by Crippen LogP contribution is -2.35. The zero-order chi connectivity index (χ0) is 13.2. The van der Waals surface area contributed by atoms with Crippen LogP contribution >= 0.6 is 0 Å². The van der Waals surface area contributed by atoms with E-state index < -0.39 is 0 Å². The fraction of sp³-hybridized carbons (Fsp3) is 0.188. The van der Waals surface area contributed by atoms with Gasteiger partial charge < -0.3 is 4.74 Å². The number of ether oxygens (including phenoxy) is 1. The van der Waals surface area contributed by atoms with Gasteiger partial charge in [0.05, 0.1) is 5.69 Å². The molecule has 0 unspecified atom stereocenters. The number of carbonyl (C=O) groups is 1. The number of rotatable bonds is 2. The number of fused-ring (bicyclic) bond motifs is 1. The van der Waals surface area contributed by atoms with Crippen LogP contribution in [-0.4, -0.2) is 12.5 Å². The second-order valence-corrected chi connectivity index (χ2v) is 4.51. The molecule has 0 atom stereocenters. The smallest absolute Gasteiger partial charge is 0.269 e. The number of carbonyl (C=O) groups excluding carboxylic acids is 1. The average Bonchev–Trinajstić information content (AvgIpc) is 2.47. The lowest BCUT2D eigenvalue weighted by atomic mass is 10.1. The molecule has 0 fully saturated rings.